The van der Waals surface area contributed by atoms with Crippen molar-refractivity contribution in [3.63, 3.8) is 0 Å². The molecule has 0 radical (unpaired) electrons. The Labute approximate surface area is 101 Å². The summed E-state index contributed by atoms with van der Waals surface area (Å²) in [4.78, 5) is 4.41. The molecule has 0 unspecified atom stereocenters. The molecule has 0 aliphatic heterocycles. The molecule has 0 N–H and O–H groups in total. The average molecular weight is 245 g/mol. The first-order valence-electron chi connectivity index (χ1n) is 4.91. The molecule has 0 bridgehead atoms. The first-order chi connectivity index (χ1) is 6.95. The molecule has 0 aromatic carbocycles. The van der Waals surface area contributed by atoms with E-state index in [0.717, 1.165) is 41.6 Å². The van der Waals surface area contributed by atoms with Gasteiger partial charge in [-0.3, -0.25) is 0 Å². The molecule has 1 rings (SSSR count). The van der Waals surface area contributed by atoms with Gasteiger partial charge in [-0.1, -0.05) is 0 Å². The van der Waals surface area contributed by atoms with Crippen molar-refractivity contribution >= 4 is 53.4 Å². The Morgan fingerprint density at radius 1 is 1.07 bits per heavy atom. The van der Waals surface area contributed by atoms with Crippen molar-refractivity contribution in [1.29, 1.82) is 0 Å². The molecule has 1 aromatic heterocycles. The molecule has 0 atom stereocenters. The van der Waals surface area contributed by atoms with E-state index in [9.17, 15) is 0 Å². The van der Waals surface area contributed by atoms with E-state index >= 15 is 0 Å². The Kier molecular flexibility index (Phi) is 3.95. The van der Waals surface area contributed by atoms with Crippen LogP contribution in [0.1, 0.15) is 16.8 Å². The molecule has 0 saturated heterocycles. The van der Waals surface area contributed by atoms with Gasteiger partial charge in [-0.15, -0.1) is 0 Å². The fourth-order valence-corrected chi connectivity index (χ4v) is 2.87. The average Bonchev–Trinajstić information content (AvgIpc) is 2.16. The first-order valence-corrected chi connectivity index (χ1v) is 7.91. The summed E-state index contributed by atoms with van der Waals surface area (Å²) in [5.41, 5.74) is 3.46. The standard InChI is InChI=1S/C10H16BNSi3/c1-5(13)8-4-11-12-10(7(3)15)9(8)6(2)14/h4H,1-3H2,13-15H3. The van der Waals surface area contributed by atoms with Gasteiger partial charge >= 0.3 is 101 Å². The second-order valence-corrected chi connectivity index (χ2v) is 7.54. The van der Waals surface area contributed by atoms with Crippen LogP contribution in [0.25, 0.3) is 15.6 Å². The monoisotopic (exact) mass is 245 g/mol. The third-order valence-corrected chi connectivity index (χ3v) is 3.75. The van der Waals surface area contributed by atoms with Gasteiger partial charge in [0, 0.05) is 0 Å². The molecule has 0 saturated carbocycles. The Morgan fingerprint density at radius 3 is 2.07 bits per heavy atom. The molecule has 1 nitrogen and oxygen atoms in total. The van der Waals surface area contributed by atoms with Crippen LogP contribution in [0, 0.1) is 0 Å². The van der Waals surface area contributed by atoms with Crippen molar-refractivity contribution in [3.8, 4) is 0 Å². The van der Waals surface area contributed by atoms with Crippen molar-refractivity contribution in [2.45, 2.75) is 0 Å². The van der Waals surface area contributed by atoms with E-state index in [1.54, 1.807) is 0 Å². The maximum absolute atomic E-state index is 4.41. The van der Waals surface area contributed by atoms with Gasteiger partial charge in [0.1, 0.15) is 0 Å². The van der Waals surface area contributed by atoms with E-state index in [0.29, 0.717) is 0 Å². The van der Waals surface area contributed by atoms with Crippen LogP contribution in [0.2, 0.25) is 0 Å². The van der Waals surface area contributed by atoms with Crippen LogP contribution in [0.5, 0.6) is 0 Å². The van der Waals surface area contributed by atoms with E-state index in [2.05, 4.69) is 24.6 Å². The van der Waals surface area contributed by atoms with Gasteiger partial charge in [0.25, 0.3) is 0 Å². The van der Waals surface area contributed by atoms with Gasteiger partial charge < -0.3 is 0 Å². The fraction of sp³-hybridized carbons (Fsp3) is 0. The number of nitrogens with zero attached hydrogens (tertiary/aromatic N) is 1. The number of hydrogen-bond acceptors (Lipinski definition) is 1. The van der Waals surface area contributed by atoms with Crippen LogP contribution in [-0.2, 0) is 0 Å². The van der Waals surface area contributed by atoms with Gasteiger partial charge in [0.2, 0.25) is 0 Å². The minimum absolute atomic E-state index is 0.944. The van der Waals surface area contributed by atoms with Gasteiger partial charge in [0.05, 0.1) is 0 Å². The molecule has 15 heavy (non-hydrogen) atoms. The number of hydrogen-bond donors (Lipinski definition) is 0. The van der Waals surface area contributed by atoms with Crippen molar-refractivity contribution in [2.75, 3.05) is 0 Å². The molecule has 0 fully saturated rings. The SMILES string of the molecule is C=C([SiH3])c1cbnc(C(=C)[SiH3])c1C(=C)[SiH3]. The van der Waals surface area contributed by atoms with E-state index in [4.69, 9.17) is 0 Å². The summed E-state index contributed by atoms with van der Waals surface area (Å²) in [6, 6.07) is 0. The van der Waals surface area contributed by atoms with Crippen molar-refractivity contribution in [2.24, 2.45) is 0 Å². The molecule has 0 aliphatic rings. The Morgan fingerprint density at radius 2 is 1.67 bits per heavy atom. The zero-order chi connectivity index (χ0) is 11.6. The van der Waals surface area contributed by atoms with Crippen molar-refractivity contribution in [3.05, 3.63) is 42.5 Å². The van der Waals surface area contributed by atoms with E-state index < -0.39 is 0 Å². The maximum atomic E-state index is 4.41. The van der Waals surface area contributed by atoms with Crippen molar-refractivity contribution < 1.29 is 0 Å². The summed E-state index contributed by atoms with van der Waals surface area (Å²) >= 11 is 0. The third-order valence-electron chi connectivity index (χ3n) is 2.24. The molecular weight excluding hydrogens is 229 g/mol. The molecule has 1 heterocycles. The molecule has 0 aliphatic carbocycles. The van der Waals surface area contributed by atoms with E-state index in [1.165, 1.54) is 21.5 Å². The number of rotatable bonds is 3. The third kappa shape index (κ3) is 2.61. The fourth-order valence-electron chi connectivity index (χ4n) is 1.57. The molecule has 1 aromatic rings. The zero-order valence-corrected chi connectivity index (χ0v) is 15.7. The summed E-state index contributed by atoms with van der Waals surface area (Å²) in [5.74, 6) is 2.04. The van der Waals surface area contributed by atoms with Gasteiger partial charge in [0.15, 0.2) is 0 Å². The van der Waals surface area contributed by atoms with E-state index in [-0.39, 0.29) is 0 Å². The van der Waals surface area contributed by atoms with Crippen LogP contribution in [0.3, 0.4) is 0 Å². The van der Waals surface area contributed by atoms with Crippen LogP contribution in [0.4, 0.5) is 0 Å². The predicted octanol–water partition coefficient (Wildman–Crippen LogP) is -1.57. The second-order valence-electron chi connectivity index (χ2n) is 3.92. The normalized spacial score (nSPS) is 10.1. The molecular formula is C10H16BNSi3. The van der Waals surface area contributed by atoms with E-state index in [1.807, 2.05) is 13.0 Å². The first kappa shape index (κ1) is 12.3. The van der Waals surface area contributed by atoms with Gasteiger partial charge in [-0.05, 0) is 0 Å². The molecule has 76 valence electrons. The summed E-state index contributed by atoms with van der Waals surface area (Å²) in [6.45, 7) is 12.2. The Hall–Kier alpha value is -0.784. The summed E-state index contributed by atoms with van der Waals surface area (Å²) in [6.07, 6.45) is 0. The van der Waals surface area contributed by atoms with Crippen molar-refractivity contribution in [1.82, 2.24) is 4.89 Å². The summed E-state index contributed by atoms with van der Waals surface area (Å²) in [5, 5.41) is 3.52. The Balaban J connectivity index is 3.56. The second kappa shape index (κ2) is 4.83. The van der Waals surface area contributed by atoms with Crippen LogP contribution >= 0.6 is 0 Å². The molecule has 0 spiro atoms. The molecule has 5 heteroatoms. The van der Waals surface area contributed by atoms with Gasteiger partial charge in [-0.2, -0.15) is 0 Å². The van der Waals surface area contributed by atoms with Crippen LogP contribution < -0.4 is 0 Å². The summed E-state index contributed by atoms with van der Waals surface area (Å²) in [7, 11) is 4.73. The summed E-state index contributed by atoms with van der Waals surface area (Å²) < 4.78 is 0. The molecule has 0 amide bonds. The zero-order valence-electron chi connectivity index (χ0n) is 9.72. The minimum atomic E-state index is 0.944. The van der Waals surface area contributed by atoms with Gasteiger partial charge in [-0.25, -0.2) is 0 Å². The quantitative estimate of drug-likeness (QED) is 0.586. The number of aromatic nitrogens is 1. The Bertz CT molecular complexity index is 422. The predicted molar refractivity (Wildman–Crippen MR) is 82.5 cm³/mol. The van der Waals surface area contributed by atoms with Crippen LogP contribution in [0.15, 0.2) is 25.7 Å². The topological polar surface area (TPSA) is 12.9 Å². The van der Waals surface area contributed by atoms with Crippen LogP contribution in [-0.4, -0.2) is 42.7 Å².